The number of fused-ring (bicyclic) bond motifs is 1. The minimum atomic E-state index is -0.135. The highest BCUT2D eigenvalue weighted by molar-refractivity contribution is 6.30. The zero-order valence-electron chi connectivity index (χ0n) is 13.1. The molecule has 5 heteroatoms. The molecule has 0 saturated carbocycles. The highest BCUT2D eigenvalue weighted by Crippen LogP contribution is 2.17. The van der Waals surface area contributed by atoms with Gasteiger partial charge in [-0.3, -0.25) is 9.20 Å². The summed E-state index contributed by atoms with van der Waals surface area (Å²) >= 11 is 5.91. The van der Waals surface area contributed by atoms with Crippen molar-refractivity contribution in [3.05, 3.63) is 75.3 Å². The van der Waals surface area contributed by atoms with Crippen molar-refractivity contribution in [2.24, 2.45) is 0 Å². The smallest absolute Gasteiger partial charge is 0.258 e. The standard InChI is InChI=1S/C18H18ClN3O/c1-12(2)13-3-6-15(7-4-13)20-10-16-9-18(23)22-11-14(19)5-8-17(22)21-16/h3-9,11-12,20H,10H2,1-2H3. The SMILES string of the molecule is CC(C)c1ccc(NCc2cc(=O)n3cc(Cl)ccc3n2)cc1. The van der Waals surface area contributed by atoms with Crippen molar-refractivity contribution in [2.45, 2.75) is 26.3 Å². The Balaban J connectivity index is 1.79. The third-order valence-corrected chi connectivity index (χ3v) is 3.95. The summed E-state index contributed by atoms with van der Waals surface area (Å²) in [6, 6.07) is 13.3. The molecule has 3 aromatic rings. The Labute approximate surface area is 139 Å². The number of benzene rings is 1. The van der Waals surface area contributed by atoms with Crippen LogP contribution in [0.15, 0.2) is 53.5 Å². The van der Waals surface area contributed by atoms with Crippen LogP contribution >= 0.6 is 11.6 Å². The summed E-state index contributed by atoms with van der Waals surface area (Å²) in [6.07, 6.45) is 1.58. The van der Waals surface area contributed by atoms with E-state index in [1.807, 2.05) is 12.1 Å². The molecule has 23 heavy (non-hydrogen) atoms. The van der Waals surface area contributed by atoms with Crippen molar-refractivity contribution in [3.63, 3.8) is 0 Å². The Bertz CT molecular complexity index is 885. The molecular weight excluding hydrogens is 310 g/mol. The fourth-order valence-corrected chi connectivity index (χ4v) is 2.56. The van der Waals surface area contributed by atoms with Crippen LogP contribution in [0.3, 0.4) is 0 Å². The van der Waals surface area contributed by atoms with E-state index in [-0.39, 0.29) is 5.56 Å². The maximum absolute atomic E-state index is 12.1. The Morgan fingerprint density at radius 1 is 1.17 bits per heavy atom. The number of pyridine rings is 1. The van der Waals surface area contributed by atoms with Gasteiger partial charge in [-0.15, -0.1) is 0 Å². The Morgan fingerprint density at radius 2 is 1.91 bits per heavy atom. The van der Waals surface area contributed by atoms with E-state index in [1.165, 1.54) is 16.0 Å². The molecule has 0 unspecified atom stereocenters. The van der Waals surface area contributed by atoms with Crippen LogP contribution < -0.4 is 10.9 Å². The maximum Gasteiger partial charge on any atom is 0.258 e. The van der Waals surface area contributed by atoms with E-state index in [0.29, 0.717) is 28.8 Å². The molecule has 2 aromatic heterocycles. The number of nitrogens with one attached hydrogen (secondary N) is 1. The molecule has 2 heterocycles. The number of aromatic nitrogens is 2. The summed E-state index contributed by atoms with van der Waals surface area (Å²) in [5.74, 6) is 0.512. The lowest BCUT2D eigenvalue weighted by molar-refractivity contribution is 0.866. The molecule has 4 nitrogen and oxygen atoms in total. The monoisotopic (exact) mass is 327 g/mol. The van der Waals surface area contributed by atoms with Gasteiger partial charge in [-0.05, 0) is 35.7 Å². The first-order chi connectivity index (χ1) is 11.0. The van der Waals surface area contributed by atoms with Crippen LogP contribution in [0.5, 0.6) is 0 Å². The van der Waals surface area contributed by atoms with E-state index in [2.05, 4.69) is 36.3 Å². The lowest BCUT2D eigenvalue weighted by atomic mass is 10.0. The van der Waals surface area contributed by atoms with Gasteiger partial charge in [0.2, 0.25) is 0 Å². The Hall–Kier alpha value is -2.33. The van der Waals surface area contributed by atoms with E-state index < -0.39 is 0 Å². The topological polar surface area (TPSA) is 46.4 Å². The lowest BCUT2D eigenvalue weighted by Crippen LogP contribution is -2.16. The molecule has 0 spiro atoms. The van der Waals surface area contributed by atoms with Gasteiger partial charge in [0.05, 0.1) is 17.3 Å². The normalized spacial score (nSPS) is 11.1. The molecule has 0 bridgehead atoms. The van der Waals surface area contributed by atoms with Gasteiger partial charge in [0.1, 0.15) is 5.65 Å². The van der Waals surface area contributed by atoms with Crippen molar-refractivity contribution in [1.29, 1.82) is 0 Å². The minimum Gasteiger partial charge on any atom is -0.379 e. The molecule has 0 amide bonds. The first-order valence-electron chi connectivity index (χ1n) is 7.54. The summed E-state index contributed by atoms with van der Waals surface area (Å²) in [6.45, 7) is 4.83. The molecule has 0 aliphatic rings. The molecule has 1 N–H and O–H groups in total. The lowest BCUT2D eigenvalue weighted by Gasteiger charge is -2.09. The van der Waals surface area contributed by atoms with Crippen LogP contribution in [0.4, 0.5) is 5.69 Å². The van der Waals surface area contributed by atoms with Gasteiger partial charge in [0.15, 0.2) is 0 Å². The average Bonchev–Trinajstić information content (AvgIpc) is 2.54. The van der Waals surface area contributed by atoms with Gasteiger partial charge in [-0.2, -0.15) is 0 Å². The maximum atomic E-state index is 12.1. The van der Waals surface area contributed by atoms with Crippen molar-refractivity contribution in [2.75, 3.05) is 5.32 Å². The molecule has 0 radical (unpaired) electrons. The molecule has 1 aromatic carbocycles. The van der Waals surface area contributed by atoms with E-state index >= 15 is 0 Å². The molecule has 0 fully saturated rings. The first-order valence-corrected chi connectivity index (χ1v) is 7.92. The van der Waals surface area contributed by atoms with Crippen molar-refractivity contribution in [3.8, 4) is 0 Å². The van der Waals surface area contributed by atoms with Gasteiger partial charge in [-0.1, -0.05) is 37.6 Å². The van der Waals surface area contributed by atoms with E-state index in [0.717, 1.165) is 5.69 Å². The Kier molecular flexibility index (Phi) is 4.35. The van der Waals surface area contributed by atoms with Crippen LogP contribution in [-0.2, 0) is 6.54 Å². The molecule has 118 valence electrons. The third-order valence-electron chi connectivity index (χ3n) is 3.73. The number of anilines is 1. The van der Waals surface area contributed by atoms with Crippen LogP contribution in [-0.4, -0.2) is 9.38 Å². The molecule has 0 atom stereocenters. The summed E-state index contributed by atoms with van der Waals surface area (Å²) in [5, 5.41) is 3.81. The van der Waals surface area contributed by atoms with Gasteiger partial charge in [0.25, 0.3) is 5.56 Å². The van der Waals surface area contributed by atoms with Crippen molar-refractivity contribution >= 4 is 22.9 Å². The molecule has 0 aliphatic heterocycles. The number of hydrogen-bond donors (Lipinski definition) is 1. The van der Waals surface area contributed by atoms with E-state index in [9.17, 15) is 4.79 Å². The summed E-state index contributed by atoms with van der Waals surface area (Å²) in [4.78, 5) is 16.6. The van der Waals surface area contributed by atoms with Crippen molar-refractivity contribution < 1.29 is 0 Å². The summed E-state index contributed by atoms with van der Waals surface area (Å²) in [7, 11) is 0. The second-order valence-corrected chi connectivity index (χ2v) is 6.23. The van der Waals surface area contributed by atoms with Gasteiger partial charge >= 0.3 is 0 Å². The predicted molar refractivity (Wildman–Crippen MR) is 94.3 cm³/mol. The second-order valence-electron chi connectivity index (χ2n) is 5.79. The average molecular weight is 328 g/mol. The molecule has 3 rings (SSSR count). The first kappa shape index (κ1) is 15.6. The second kappa shape index (κ2) is 6.42. The zero-order valence-corrected chi connectivity index (χ0v) is 13.8. The number of rotatable bonds is 4. The van der Waals surface area contributed by atoms with Crippen LogP contribution in [0, 0.1) is 0 Å². The third kappa shape index (κ3) is 3.54. The van der Waals surface area contributed by atoms with Crippen molar-refractivity contribution in [1.82, 2.24) is 9.38 Å². The molecule has 0 aliphatic carbocycles. The summed E-state index contributed by atoms with van der Waals surface area (Å²) in [5.41, 5.74) is 3.46. The van der Waals surface area contributed by atoms with Crippen LogP contribution in [0.25, 0.3) is 5.65 Å². The quantitative estimate of drug-likeness (QED) is 0.785. The number of halogens is 1. The summed E-state index contributed by atoms with van der Waals surface area (Å²) < 4.78 is 1.45. The highest BCUT2D eigenvalue weighted by Gasteiger charge is 2.04. The fourth-order valence-electron chi connectivity index (χ4n) is 2.40. The fraction of sp³-hybridized carbons (Fsp3) is 0.222. The van der Waals surface area contributed by atoms with Gasteiger partial charge in [0, 0.05) is 18.0 Å². The predicted octanol–water partition coefficient (Wildman–Crippen LogP) is 4.08. The van der Waals surface area contributed by atoms with E-state index in [4.69, 9.17) is 11.6 Å². The van der Waals surface area contributed by atoms with E-state index in [1.54, 1.807) is 18.3 Å². The van der Waals surface area contributed by atoms with Gasteiger partial charge < -0.3 is 5.32 Å². The largest absolute Gasteiger partial charge is 0.379 e. The molecular formula is C18H18ClN3O. The number of nitrogens with zero attached hydrogens (tertiary/aromatic N) is 2. The van der Waals surface area contributed by atoms with Crippen LogP contribution in [0.2, 0.25) is 5.02 Å². The van der Waals surface area contributed by atoms with Gasteiger partial charge in [-0.25, -0.2) is 4.98 Å². The number of hydrogen-bond acceptors (Lipinski definition) is 3. The molecule has 0 saturated heterocycles. The minimum absolute atomic E-state index is 0.135. The zero-order chi connectivity index (χ0) is 16.4. The Morgan fingerprint density at radius 3 is 2.61 bits per heavy atom. The van der Waals surface area contributed by atoms with Crippen LogP contribution in [0.1, 0.15) is 31.0 Å². The highest BCUT2D eigenvalue weighted by atomic mass is 35.5.